The number of carboxylic acid groups (broad SMARTS) is 1. The highest BCUT2D eigenvalue weighted by atomic mass is 16.5. The first-order valence-electron chi connectivity index (χ1n) is 9.36. The summed E-state index contributed by atoms with van der Waals surface area (Å²) in [6.07, 6.45) is 6.47. The fourth-order valence-electron chi connectivity index (χ4n) is 3.72. The van der Waals surface area contributed by atoms with Crippen LogP contribution in [0.3, 0.4) is 0 Å². The van der Waals surface area contributed by atoms with Gasteiger partial charge in [0.05, 0.1) is 11.5 Å². The molecule has 0 aliphatic heterocycles. The van der Waals surface area contributed by atoms with E-state index in [4.69, 9.17) is 4.74 Å². The number of rotatable bonds is 4. The van der Waals surface area contributed by atoms with E-state index in [0.29, 0.717) is 17.7 Å². The van der Waals surface area contributed by atoms with Crippen LogP contribution >= 0.6 is 0 Å². The van der Waals surface area contributed by atoms with Crippen molar-refractivity contribution in [2.45, 2.75) is 19.3 Å². The Labute approximate surface area is 163 Å². The minimum Gasteiger partial charge on any atom is -0.478 e. The molecule has 0 saturated carbocycles. The van der Waals surface area contributed by atoms with Crippen molar-refractivity contribution in [1.82, 2.24) is 0 Å². The average molecular weight is 372 g/mol. The second-order valence-electron chi connectivity index (χ2n) is 6.91. The van der Waals surface area contributed by atoms with Gasteiger partial charge in [0, 0.05) is 5.39 Å². The molecule has 0 saturated heterocycles. The van der Waals surface area contributed by atoms with Gasteiger partial charge < -0.3 is 9.84 Å². The van der Waals surface area contributed by atoms with E-state index in [9.17, 15) is 14.7 Å². The number of carbonyl (C=O) groups excluding carboxylic acids is 1. The molecule has 3 aromatic rings. The molecule has 0 heterocycles. The number of carboxylic acids is 1. The van der Waals surface area contributed by atoms with Crippen LogP contribution in [-0.2, 0) is 4.79 Å². The fourth-order valence-corrected chi connectivity index (χ4v) is 3.72. The highest BCUT2D eigenvalue weighted by molar-refractivity contribution is 6.06. The smallest absolute Gasteiger partial charge is 0.336 e. The van der Waals surface area contributed by atoms with Crippen molar-refractivity contribution >= 4 is 22.7 Å². The molecular weight excluding hydrogens is 352 g/mol. The topological polar surface area (TPSA) is 63.6 Å². The summed E-state index contributed by atoms with van der Waals surface area (Å²) in [5.41, 5.74) is 1.56. The predicted octanol–water partition coefficient (Wildman–Crippen LogP) is 5.47. The van der Waals surface area contributed by atoms with E-state index in [1.54, 1.807) is 24.3 Å². The van der Waals surface area contributed by atoms with Gasteiger partial charge >= 0.3 is 11.9 Å². The average Bonchev–Trinajstić information content (AvgIpc) is 2.74. The maximum Gasteiger partial charge on any atom is 0.336 e. The van der Waals surface area contributed by atoms with Gasteiger partial charge in [0.2, 0.25) is 0 Å². The van der Waals surface area contributed by atoms with Gasteiger partial charge in [-0.05, 0) is 47.9 Å². The van der Waals surface area contributed by atoms with Crippen molar-refractivity contribution in [2.24, 2.45) is 5.92 Å². The molecule has 4 heteroatoms. The van der Waals surface area contributed by atoms with Gasteiger partial charge in [-0.3, -0.25) is 4.79 Å². The number of ether oxygens (including phenoxy) is 1. The number of hydrogen-bond acceptors (Lipinski definition) is 3. The summed E-state index contributed by atoms with van der Waals surface area (Å²) in [6.45, 7) is 0. The molecular formula is C24H20O4. The van der Waals surface area contributed by atoms with E-state index in [-0.39, 0.29) is 17.5 Å². The molecule has 28 heavy (non-hydrogen) atoms. The van der Waals surface area contributed by atoms with Gasteiger partial charge in [0.1, 0.15) is 5.75 Å². The van der Waals surface area contributed by atoms with Crippen molar-refractivity contribution in [3.63, 3.8) is 0 Å². The summed E-state index contributed by atoms with van der Waals surface area (Å²) >= 11 is 0. The first-order chi connectivity index (χ1) is 13.6. The van der Waals surface area contributed by atoms with E-state index < -0.39 is 5.97 Å². The molecule has 0 amide bonds. The van der Waals surface area contributed by atoms with Crippen LogP contribution < -0.4 is 4.74 Å². The summed E-state index contributed by atoms with van der Waals surface area (Å²) in [5, 5.41) is 11.2. The van der Waals surface area contributed by atoms with Gasteiger partial charge in [-0.2, -0.15) is 0 Å². The summed E-state index contributed by atoms with van der Waals surface area (Å²) in [7, 11) is 0. The molecule has 4 nitrogen and oxygen atoms in total. The highest BCUT2D eigenvalue weighted by Crippen LogP contribution is 2.37. The lowest BCUT2D eigenvalue weighted by atomic mass is 9.93. The molecule has 1 aliphatic rings. The highest BCUT2D eigenvalue weighted by Gasteiger charge is 2.22. The maximum atomic E-state index is 12.7. The van der Waals surface area contributed by atoms with E-state index in [1.165, 1.54) is 0 Å². The SMILES string of the molecule is O=C(O)c1ccccc1-c1cccc2cccc(OC(=O)C3CC=CCC3)c12. The molecule has 1 N–H and O–H groups in total. The summed E-state index contributed by atoms with van der Waals surface area (Å²) in [4.78, 5) is 24.4. The number of benzene rings is 3. The first kappa shape index (κ1) is 18.0. The Morgan fingerprint density at radius 2 is 1.64 bits per heavy atom. The minimum absolute atomic E-state index is 0.140. The molecule has 1 aliphatic carbocycles. The third kappa shape index (κ3) is 3.41. The summed E-state index contributed by atoms with van der Waals surface area (Å²) in [5.74, 6) is -0.902. The standard InChI is InChI=1S/C24H20O4/c25-23(26)20-13-5-4-12-18(20)19-14-6-10-16-11-7-15-21(22(16)19)28-24(27)17-8-2-1-3-9-17/h1-2,4-7,10-15,17H,3,8-9H2,(H,25,26). The fraction of sp³-hybridized carbons (Fsp3) is 0.167. The lowest BCUT2D eigenvalue weighted by Crippen LogP contribution is -2.21. The van der Waals surface area contributed by atoms with Gasteiger partial charge in [-0.15, -0.1) is 0 Å². The van der Waals surface area contributed by atoms with E-state index in [0.717, 1.165) is 29.2 Å². The normalized spacial score (nSPS) is 16.1. The lowest BCUT2D eigenvalue weighted by molar-refractivity contribution is -0.139. The summed E-state index contributed by atoms with van der Waals surface area (Å²) < 4.78 is 5.81. The Morgan fingerprint density at radius 3 is 2.39 bits per heavy atom. The number of fused-ring (bicyclic) bond motifs is 1. The van der Waals surface area contributed by atoms with Crippen LogP contribution in [0.1, 0.15) is 29.6 Å². The van der Waals surface area contributed by atoms with Crippen molar-refractivity contribution in [1.29, 1.82) is 0 Å². The maximum absolute atomic E-state index is 12.7. The van der Waals surface area contributed by atoms with Crippen LogP contribution in [0.4, 0.5) is 0 Å². The van der Waals surface area contributed by atoms with Crippen LogP contribution in [0.5, 0.6) is 5.75 Å². The van der Waals surface area contributed by atoms with E-state index in [2.05, 4.69) is 6.08 Å². The second-order valence-corrected chi connectivity index (χ2v) is 6.91. The Hall–Kier alpha value is -3.40. The zero-order chi connectivity index (χ0) is 19.5. The molecule has 1 atom stereocenters. The van der Waals surface area contributed by atoms with Crippen LogP contribution in [0.25, 0.3) is 21.9 Å². The van der Waals surface area contributed by atoms with Crippen LogP contribution in [0.2, 0.25) is 0 Å². The van der Waals surface area contributed by atoms with Gasteiger partial charge in [0.15, 0.2) is 0 Å². The van der Waals surface area contributed by atoms with Crippen molar-refractivity contribution in [3.8, 4) is 16.9 Å². The molecule has 0 radical (unpaired) electrons. The van der Waals surface area contributed by atoms with E-state index >= 15 is 0 Å². The Kier molecular flexibility index (Phi) is 4.94. The monoisotopic (exact) mass is 372 g/mol. The molecule has 0 spiro atoms. The van der Waals surface area contributed by atoms with Gasteiger partial charge in [-0.25, -0.2) is 4.79 Å². The second kappa shape index (κ2) is 7.69. The molecule has 140 valence electrons. The molecule has 0 fully saturated rings. The Morgan fingerprint density at radius 1 is 0.893 bits per heavy atom. The number of carbonyl (C=O) groups is 2. The quantitative estimate of drug-likeness (QED) is 0.375. The third-order valence-electron chi connectivity index (χ3n) is 5.13. The zero-order valence-corrected chi connectivity index (χ0v) is 15.3. The minimum atomic E-state index is -0.990. The lowest BCUT2D eigenvalue weighted by Gasteiger charge is -2.18. The van der Waals surface area contributed by atoms with Crippen molar-refractivity contribution in [2.75, 3.05) is 0 Å². The molecule has 0 bridgehead atoms. The van der Waals surface area contributed by atoms with Gasteiger partial charge in [-0.1, -0.05) is 60.7 Å². The van der Waals surface area contributed by atoms with Crippen LogP contribution in [0.15, 0.2) is 72.8 Å². The number of aromatic carboxylic acids is 1. The van der Waals surface area contributed by atoms with Gasteiger partial charge in [0.25, 0.3) is 0 Å². The van der Waals surface area contributed by atoms with Crippen LogP contribution in [-0.4, -0.2) is 17.0 Å². The van der Waals surface area contributed by atoms with Crippen molar-refractivity contribution in [3.05, 3.63) is 78.4 Å². The molecule has 1 unspecified atom stereocenters. The number of hydrogen-bond donors (Lipinski definition) is 1. The predicted molar refractivity (Wildman–Crippen MR) is 108 cm³/mol. The summed E-state index contributed by atoms with van der Waals surface area (Å²) in [6, 6.07) is 18.1. The molecule has 3 aromatic carbocycles. The molecule has 0 aromatic heterocycles. The Bertz CT molecular complexity index is 1080. The van der Waals surface area contributed by atoms with E-state index in [1.807, 2.05) is 42.5 Å². The van der Waals surface area contributed by atoms with Crippen molar-refractivity contribution < 1.29 is 19.4 Å². The first-order valence-corrected chi connectivity index (χ1v) is 9.36. The zero-order valence-electron chi connectivity index (χ0n) is 15.3. The molecule has 4 rings (SSSR count). The Balaban J connectivity index is 1.82. The number of allylic oxidation sites excluding steroid dienone is 2. The third-order valence-corrected chi connectivity index (χ3v) is 5.13. The number of esters is 1. The van der Waals surface area contributed by atoms with Crippen LogP contribution in [0, 0.1) is 5.92 Å². The largest absolute Gasteiger partial charge is 0.478 e.